The third-order valence-electron chi connectivity index (χ3n) is 1.37. The Morgan fingerprint density at radius 2 is 1.42 bits per heavy atom. The molecular formula is C6H14N2O4. The molecule has 6 nitrogen and oxygen atoms in total. The van der Waals surface area contributed by atoms with E-state index < -0.39 is 25.4 Å². The van der Waals surface area contributed by atoms with Gasteiger partial charge in [0, 0.05) is 0 Å². The zero-order chi connectivity index (χ0) is 9.45. The van der Waals surface area contributed by atoms with E-state index in [0.717, 1.165) is 0 Å². The highest BCUT2D eigenvalue weighted by Gasteiger charge is 2.27. The highest BCUT2D eigenvalue weighted by atomic mass is 16.3. The third-order valence-corrected chi connectivity index (χ3v) is 1.37. The molecule has 0 rings (SSSR count). The molecule has 0 amide bonds. The van der Waals surface area contributed by atoms with Crippen LogP contribution in [0.25, 0.3) is 0 Å². The maximum Gasteiger partial charge on any atom is 0.150 e. The van der Waals surface area contributed by atoms with E-state index >= 15 is 0 Å². The third kappa shape index (κ3) is 3.22. The molecular weight excluding hydrogens is 164 g/mol. The van der Waals surface area contributed by atoms with E-state index in [4.69, 9.17) is 20.4 Å². The Morgan fingerprint density at radius 3 is 1.75 bits per heavy atom. The topological polar surface area (TPSA) is 106 Å². The van der Waals surface area contributed by atoms with E-state index in [9.17, 15) is 0 Å². The molecule has 0 aromatic carbocycles. The van der Waals surface area contributed by atoms with Gasteiger partial charge in [-0.1, -0.05) is 0 Å². The number of nitrogens with zero attached hydrogens (tertiary/aromatic N) is 2. The first-order chi connectivity index (χ1) is 5.74. The Kier molecular flexibility index (Phi) is 5.73. The summed E-state index contributed by atoms with van der Waals surface area (Å²) >= 11 is 0. The molecule has 4 N–H and O–H groups in total. The highest BCUT2D eigenvalue weighted by Crippen LogP contribution is 2.08. The van der Waals surface area contributed by atoms with Crippen molar-refractivity contribution in [3.05, 3.63) is 0 Å². The molecule has 0 bridgehead atoms. The Hall–Kier alpha value is -0.560. The summed E-state index contributed by atoms with van der Waals surface area (Å²) in [6.07, 6.45) is 0. The largest absolute Gasteiger partial charge is 0.394 e. The summed E-state index contributed by atoms with van der Waals surface area (Å²) in [6.45, 7) is -1.48. The normalized spacial score (nSPS) is 12.7. The second-order valence-corrected chi connectivity index (χ2v) is 2.39. The SMILES string of the molecule is OCCN=NC(CO)(CO)CO. The van der Waals surface area contributed by atoms with E-state index in [1.807, 2.05) is 0 Å². The average molecular weight is 178 g/mol. The molecule has 0 unspecified atom stereocenters. The molecule has 0 radical (unpaired) electrons. The minimum Gasteiger partial charge on any atom is -0.394 e. The molecule has 0 spiro atoms. The van der Waals surface area contributed by atoms with Crippen molar-refractivity contribution in [2.24, 2.45) is 10.2 Å². The van der Waals surface area contributed by atoms with Crippen molar-refractivity contribution in [1.29, 1.82) is 0 Å². The first-order valence-corrected chi connectivity index (χ1v) is 3.57. The Balaban J connectivity index is 4.09. The maximum atomic E-state index is 8.74. The van der Waals surface area contributed by atoms with Crippen LogP contribution in [0, 0.1) is 0 Å². The van der Waals surface area contributed by atoms with Gasteiger partial charge < -0.3 is 20.4 Å². The van der Waals surface area contributed by atoms with Crippen molar-refractivity contribution < 1.29 is 20.4 Å². The van der Waals surface area contributed by atoms with Gasteiger partial charge in [-0.3, -0.25) is 0 Å². The van der Waals surface area contributed by atoms with E-state index in [1.165, 1.54) is 0 Å². The zero-order valence-electron chi connectivity index (χ0n) is 6.72. The monoisotopic (exact) mass is 178 g/mol. The molecule has 0 aliphatic rings. The van der Waals surface area contributed by atoms with Crippen molar-refractivity contribution in [2.75, 3.05) is 33.0 Å². The van der Waals surface area contributed by atoms with Crippen LogP contribution in [0.3, 0.4) is 0 Å². The van der Waals surface area contributed by atoms with Gasteiger partial charge in [0.2, 0.25) is 0 Å². The molecule has 0 saturated heterocycles. The number of rotatable bonds is 6. The standard InChI is InChI=1S/C6H14N2O4/c9-2-1-7-8-6(3-10,4-11)5-12/h9-12H,1-5H2. The first kappa shape index (κ1) is 11.4. The molecule has 0 aliphatic carbocycles. The lowest BCUT2D eigenvalue weighted by Gasteiger charge is -2.20. The van der Waals surface area contributed by atoms with Crippen LogP contribution in [-0.4, -0.2) is 58.9 Å². The van der Waals surface area contributed by atoms with Crippen LogP contribution >= 0.6 is 0 Å². The van der Waals surface area contributed by atoms with Crippen molar-refractivity contribution in [2.45, 2.75) is 5.54 Å². The molecule has 0 aromatic rings. The van der Waals surface area contributed by atoms with Gasteiger partial charge in [-0.2, -0.15) is 10.2 Å². The van der Waals surface area contributed by atoms with Gasteiger partial charge >= 0.3 is 0 Å². The first-order valence-electron chi connectivity index (χ1n) is 3.57. The predicted molar refractivity (Wildman–Crippen MR) is 40.8 cm³/mol. The van der Waals surface area contributed by atoms with Crippen LogP contribution in [0.5, 0.6) is 0 Å². The van der Waals surface area contributed by atoms with Gasteiger partial charge in [0.15, 0.2) is 5.54 Å². The molecule has 0 aromatic heterocycles. The van der Waals surface area contributed by atoms with E-state index in [-0.39, 0.29) is 13.2 Å². The van der Waals surface area contributed by atoms with Crippen LogP contribution < -0.4 is 0 Å². The number of hydrogen-bond acceptors (Lipinski definition) is 6. The molecule has 0 aliphatic heterocycles. The lowest BCUT2D eigenvalue weighted by Crippen LogP contribution is -2.39. The zero-order valence-corrected chi connectivity index (χ0v) is 6.72. The summed E-state index contributed by atoms with van der Waals surface area (Å²) in [5.74, 6) is 0. The minimum absolute atomic E-state index is 0.0990. The Labute approximate surface area is 70.2 Å². The maximum absolute atomic E-state index is 8.74. The van der Waals surface area contributed by atoms with Gasteiger partial charge in [0.1, 0.15) is 0 Å². The number of aliphatic hydroxyl groups is 4. The number of hydrogen-bond donors (Lipinski definition) is 4. The molecule has 0 saturated carbocycles. The highest BCUT2D eigenvalue weighted by molar-refractivity contribution is 4.84. The summed E-state index contributed by atoms with van der Waals surface area (Å²) in [5, 5.41) is 41.5. The average Bonchev–Trinajstić information content (AvgIpc) is 2.14. The molecule has 0 fully saturated rings. The van der Waals surface area contributed by atoms with Crippen LogP contribution in [-0.2, 0) is 0 Å². The molecule has 12 heavy (non-hydrogen) atoms. The molecule has 72 valence electrons. The fraction of sp³-hybridized carbons (Fsp3) is 1.00. The van der Waals surface area contributed by atoms with Crippen LogP contribution in [0.2, 0.25) is 0 Å². The minimum atomic E-state index is -1.31. The second kappa shape index (κ2) is 6.01. The summed E-state index contributed by atoms with van der Waals surface area (Å²) in [7, 11) is 0. The Morgan fingerprint density at radius 1 is 0.917 bits per heavy atom. The van der Waals surface area contributed by atoms with Gasteiger partial charge in [-0.15, -0.1) is 0 Å². The van der Waals surface area contributed by atoms with E-state index in [2.05, 4.69) is 10.2 Å². The van der Waals surface area contributed by atoms with Gasteiger partial charge in [0.05, 0.1) is 33.0 Å². The fourth-order valence-electron chi connectivity index (χ4n) is 0.490. The summed E-state index contributed by atoms with van der Waals surface area (Å²) < 4.78 is 0. The van der Waals surface area contributed by atoms with Crippen LogP contribution in [0.1, 0.15) is 0 Å². The number of aliphatic hydroxyl groups excluding tert-OH is 4. The summed E-state index contributed by atoms with van der Waals surface area (Å²) in [4.78, 5) is 0. The van der Waals surface area contributed by atoms with Crippen molar-refractivity contribution >= 4 is 0 Å². The molecule has 0 atom stereocenters. The molecule has 0 heterocycles. The quantitative estimate of drug-likeness (QED) is 0.358. The van der Waals surface area contributed by atoms with Crippen molar-refractivity contribution in [3.63, 3.8) is 0 Å². The van der Waals surface area contributed by atoms with Crippen LogP contribution in [0.4, 0.5) is 0 Å². The molecule has 6 heteroatoms. The van der Waals surface area contributed by atoms with Gasteiger partial charge in [-0.25, -0.2) is 0 Å². The second-order valence-electron chi connectivity index (χ2n) is 2.39. The van der Waals surface area contributed by atoms with Crippen LogP contribution in [0.15, 0.2) is 10.2 Å². The summed E-state index contributed by atoms with van der Waals surface area (Å²) in [5.41, 5.74) is -1.31. The van der Waals surface area contributed by atoms with Crippen molar-refractivity contribution in [3.8, 4) is 0 Å². The van der Waals surface area contributed by atoms with Gasteiger partial charge in [-0.05, 0) is 0 Å². The smallest absolute Gasteiger partial charge is 0.150 e. The van der Waals surface area contributed by atoms with Crippen molar-refractivity contribution in [1.82, 2.24) is 0 Å². The predicted octanol–water partition coefficient (Wildman–Crippen LogP) is -1.85. The lowest BCUT2D eigenvalue weighted by atomic mass is 10.1. The lowest BCUT2D eigenvalue weighted by molar-refractivity contribution is 0.0658. The number of azo groups is 1. The Bertz CT molecular complexity index is 127. The fourth-order valence-corrected chi connectivity index (χ4v) is 0.490. The van der Waals surface area contributed by atoms with Gasteiger partial charge in [0.25, 0.3) is 0 Å². The van der Waals surface area contributed by atoms with E-state index in [0.29, 0.717) is 0 Å². The summed E-state index contributed by atoms with van der Waals surface area (Å²) in [6, 6.07) is 0. The van der Waals surface area contributed by atoms with E-state index in [1.54, 1.807) is 0 Å².